The highest BCUT2D eigenvalue weighted by molar-refractivity contribution is 6.24. The standard InChI is InChI=1S/C8H12Cl2/c1-6(2)8(10)4-7(3)5-9/h4,8H,1,5H2,2-3H3/b7-4-. The van der Waals surface area contributed by atoms with Crippen molar-refractivity contribution < 1.29 is 0 Å². The van der Waals surface area contributed by atoms with E-state index in [9.17, 15) is 0 Å². The monoisotopic (exact) mass is 178 g/mol. The zero-order chi connectivity index (χ0) is 8.15. The molecule has 0 aromatic rings. The molecular weight excluding hydrogens is 167 g/mol. The second kappa shape index (κ2) is 4.81. The topological polar surface area (TPSA) is 0 Å². The zero-order valence-electron chi connectivity index (χ0n) is 6.32. The normalized spacial score (nSPS) is 15.0. The van der Waals surface area contributed by atoms with Crippen LogP contribution in [0.25, 0.3) is 0 Å². The fraction of sp³-hybridized carbons (Fsp3) is 0.500. The van der Waals surface area contributed by atoms with E-state index in [1.807, 2.05) is 19.9 Å². The van der Waals surface area contributed by atoms with E-state index in [1.54, 1.807) is 0 Å². The highest BCUT2D eigenvalue weighted by Crippen LogP contribution is 2.11. The van der Waals surface area contributed by atoms with Crippen molar-refractivity contribution in [2.24, 2.45) is 0 Å². The summed E-state index contributed by atoms with van der Waals surface area (Å²) < 4.78 is 0. The van der Waals surface area contributed by atoms with Crippen LogP contribution in [0.4, 0.5) is 0 Å². The molecule has 0 N–H and O–H groups in total. The Labute approximate surface area is 72.5 Å². The Morgan fingerprint density at radius 2 is 2.10 bits per heavy atom. The molecule has 1 unspecified atom stereocenters. The van der Waals surface area contributed by atoms with E-state index < -0.39 is 0 Å². The van der Waals surface area contributed by atoms with Gasteiger partial charge in [-0.3, -0.25) is 0 Å². The van der Waals surface area contributed by atoms with Crippen LogP contribution in [0, 0.1) is 0 Å². The van der Waals surface area contributed by atoms with Crippen LogP contribution in [-0.4, -0.2) is 11.3 Å². The third-order valence-corrected chi connectivity index (χ3v) is 2.03. The van der Waals surface area contributed by atoms with Crippen molar-refractivity contribution in [1.82, 2.24) is 0 Å². The molecule has 0 aromatic heterocycles. The lowest BCUT2D eigenvalue weighted by molar-refractivity contribution is 1.19. The lowest BCUT2D eigenvalue weighted by Gasteiger charge is -2.02. The fourth-order valence-electron chi connectivity index (χ4n) is 0.437. The highest BCUT2D eigenvalue weighted by Gasteiger charge is 1.99. The largest absolute Gasteiger partial charge is 0.122 e. The average Bonchev–Trinajstić information content (AvgIpc) is 1.87. The minimum Gasteiger partial charge on any atom is -0.122 e. The van der Waals surface area contributed by atoms with Gasteiger partial charge in [-0.1, -0.05) is 23.8 Å². The van der Waals surface area contributed by atoms with Gasteiger partial charge in [-0.05, 0) is 13.8 Å². The molecule has 0 saturated heterocycles. The molecule has 0 heterocycles. The van der Waals surface area contributed by atoms with Crippen LogP contribution >= 0.6 is 23.2 Å². The summed E-state index contributed by atoms with van der Waals surface area (Å²) in [5.74, 6) is 0.538. The van der Waals surface area contributed by atoms with Crippen LogP contribution in [0.15, 0.2) is 23.8 Å². The summed E-state index contributed by atoms with van der Waals surface area (Å²) in [6, 6.07) is 0. The molecule has 0 bridgehead atoms. The molecule has 0 saturated carbocycles. The Kier molecular flexibility index (Phi) is 4.84. The van der Waals surface area contributed by atoms with E-state index in [1.165, 1.54) is 0 Å². The van der Waals surface area contributed by atoms with Gasteiger partial charge in [-0.25, -0.2) is 0 Å². The minimum absolute atomic E-state index is 0.0706. The van der Waals surface area contributed by atoms with E-state index in [-0.39, 0.29) is 5.38 Å². The Balaban J connectivity index is 3.99. The number of alkyl halides is 2. The first kappa shape index (κ1) is 10.1. The maximum Gasteiger partial charge on any atom is 0.0723 e. The van der Waals surface area contributed by atoms with Crippen LogP contribution < -0.4 is 0 Å². The smallest absolute Gasteiger partial charge is 0.0723 e. The highest BCUT2D eigenvalue weighted by atomic mass is 35.5. The molecule has 0 aliphatic carbocycles. The summed E-state index contributed by atoms with van der Waals surface area (Å²) in [4.78, 5) is 0. The Hall–Kier alpha value is 0.0600. The van der Waals surface area contributed by atoms with Gasteiger partial charge in [0.05, 0.1) is 5.38 Å². The van der Waals surface area contributed by atoms with Gasteiger partial charge in [0.15, 0.2) is 0 Å². The van der Waals surface area contributed by atoms with Crippen molar-refractivity contribution in [2.45, 2.75) is 19.2 Å². The van der Waals surface area contributed by atoms with Gasteiger partial charge in [0.25, 0.3) is 0 Å². The molecule has 0 aliphatic heterocycles. The van der Waals surface area contributed by atoms with Gasteiger partial charge in [-0.15, -0.1) is 23.2 Å². The SMILES string of the molecule is C=C(C)C(Cl)/C=C(/C)CCl. The molecule has 2 heteroatoms. The molecule has 0 nitrogen and oxygen atoms in total. The average molecular weight is 179 g/mol. The lowest BCUT2D eigenvalue weighted by Crippen LogP contribution is -1.95. The molecule has 0 fully saturated rings. The first-order valence-corrected chi connectivity index (χ1v) is 4.07. The van der Waals surface area contributed by atoms with Crippen LogP contribution in [0.2, 0.25) is 0 Å². The summed E-state index contributed by atoms with van der Waals surface area (Å²) in [6.45, 7) is 7.57. The predicted octanol–water partition coefficient (Wildman–Crippen LogP) is 3.36. The molecule has 0 rings (SSSR count). The van der Waals surface area contributed by atoms with E-state index in [4.69, 9.17) is 23.2 Å². The summed E-state index contributed by atoms with van der Waals surface area (Å²) in [6.07, 6.45) is 1.91. The van der Waals surface area contributed by atoms with E-state index in [2.05, 4.69) is 6.58 Å². The fourth-order valence-corrected chi connectivity index (χ4v) is 0.741. The Bertz CT molecular complexity index is 147. The third-order valence-electron chi connectivity index (χ3n) is 1.11. The lowest BCUT2D eigenvalue weighted by atomic mass is 10.2. The van der Waals surface area contributed by atoms with Gasteiger partial charge in [-0.2, -0.15) is 0 Å². The van der Waals surface area contributed by atoms with Gasteiger partial charge < -0.3 is 0 Å². The molecule has 58 valence electrons. The van der Waals surface area contributed by atoms with Crippen molar-refractivity contribution in [3.8, 4) is 0 Å². The van der Waals surface area contributed by atoms with E-state index >= 15 is 0 Å². The molecule has 0 spiro atoms. The van der Waals surface area contributed by atoms with Crippen LogP contribution in [0.1, 0.15) is 13.8 Å². The predicted molar refractivity (Wildman–Crippen MR) is 48.9 cm³/mol. The first-order chi connectivity index (χ1) is 4.57. The molecule has 0 amide bonds. The van der Waals surface area contributed by atoms with Crippen molar-refractivity contribution in [3.63, 3.8) is 0 Å². The van der Waals surface area contributed by atoms with E-state index in [0.29, 0.717) is 5.88 Å². The molecule has 1 atom stereocenters. The van der Waals surface area contributed by atoms with Crippen LogP contribution in [0.3, 0.4) is 0 Å². The van der Waals surface area contributed by atoms with Crippen molar-refractivity contribution in [3.05, 3.63) is 23.8 Å². The zero-order valence-corrected chi connectivity index (χ0v) is 7.84. The van der Waals surface area contributed by atoms with Crippen molar-refractivity contribution in [2.75, 3.05) is 5.88 Å². The van der Waals surface area contributed by atoms with Crippen LogP contribution in [-0.2, 0) is 0 Å². The quantitative estimate of drug-likeness (QED) is 0.460. The van der Waals surface area contributed by atoms with E-state index in [0.717, 1.165) is 11.1 Å². The number of allylic oxidation sites excluding steroid dienone is 3. The Morgan fingerprint density at radius 1 is 1.60 bits per heavy atom. The first-order valence-electron chi connectivity index (χ1n) is 3.10. The minimum atomic E-state index is -0.0706. The summed E-state index contributed by atoms with van der Waals surface area (Å²) in [7, 11) is 0. The molecular formula is C8H12Cl2. The molecule has 0 radical (unpaired) electrons. The number of halogens is 2. The maximum absolute atomic E-state index is 5.85. The second-order valence-corrected chi connectivity index (χ2v) is 3.13. The van der Waals surface area contributed by atoms with Crippen LogP contribution in [0.5, 0.6) is 0 Å². The molecule has 0 aromatic carbocycles. The summed E-state index contributed by atoms with van der Waals surface area (Å²) >= 11 is 11.4. The second-order valence-electron chi connectivity index (χ2n) is 2.39. The molecule has 0 aliphatic rings. The summed E-state index contributed by atoms with van der Waals surface area (Å²) in [5.41, 5.74) is 2.04. The maximum atomic E-state index is 5.85. The van der Waals surface area contributed by atoms with Gasteiger partial charge >= 0.3 is 0 Å². The number of rotatable bonds is 3. The van der Waals surface area contributed by atoms with Gasteiger partial charge in [0.1, 0.15) is 0 Å². The van der Waals surface area contributed by atoms with Gasteiger partial charge in [0, 0.05) is 5.88 Å². The number of hydrogen-bond donors (Lipinski definition) is 0. The molecule has 10 heavy (non-hydrogen) atoms. The van der Waals surface area contributed by atoms with Crippen molar-refractivity contribution >= 4 is 23.2 Å². The number of hydrogen-bond acceptors (Lipinski definition) is 0. The van der Waals surface area contributed by atoms with Gasteiger partial charge in [0.2, 0.25) is 0 Å². The Morgan fingerprint density at radius 3 is 2.40 bits per heavy atom. The summed E-state index contributed by atoms with van der Waals surface area (Å²) in [5, 5.41) is -0.0706. The third kappa shape index (κ3) is 3.97. The van der Waals surface area contributed by atoms with Crippen molar-refractivity contribution in [1.29, 1.82) is 0 Å².